The lowest BCUT2D eigenvalue weighted by molar-refractivity contribution is 0.0957. The Hall–Kier alpha value is -0.640. The minimum Gasteiger partial charge on any atom is -0.327 e. The molecule has 0 saturated carbocycles. The standard InChI is InChI=1S/C17H31N3.C2H6/c1-14(2)19-11-7-17(8-12-19)20-10-6-15(3)16(13-20)5-4-9-18;1-2/h4-5,14,17H,6-13,18H2,1-3H3;1-2H3/b5-4-;. The van der Waals surface area contributed by atoms with Crippen LogP contribution < -0.4 is 5.73 Å². The van der Waals surface area contributed by atoms with E-state index >= 15 is 0 Å². The average Bonchev–Trinajstić information content (AvgIpc) is 2.56. The number of nitrogens with zero attached hydrogens (tertiary/aromatic N) is 2. The highest BCUT2D eigenvalue weighted by atomic mass is 15.2. The molecule has 22 heavy (non-hydrogen) atoms. The highest BCUT2D eigenvalue weighted by Crippen LogP contribution is 2.25. The van der Waals surface area contributed by atoms with Gasteiger partial charge in [0.25, 0.3) is 0 Å². The summed E-state index contributed by atoms with van der Waals surface area (Å²) in [5, 5.41) is 0. The Morgan fingerprint density at radius 3 is 2.36 bits per heavy atom. The summed E-state index contributed by atoms with van der Waals surface area (Å²) in [7, 11) is 0. The van der Waals surface area contributed by atoms with E-state index in [9.17, 15) is 0 Å². The fourth-order valence-electron chi connectivity index (χ4n) is 3.39. The summed E-state index contributed by atoms with van der Waals surface area (Å²) in [5.41, 5.74) is 8.62. The molecule has 0 aliphatic carbocycles. The van der Waals surface area contributed by atoms with Crippen LogP contribution in [-0.4, -0.2) is 54.6 Å². The summed E-state index contributed by atoms with van der Waals surface area (Å²) in [4.78, 5) is 5.30. The predicted molar refractivity (Wildman–Crippen MR) is 98.2 cm³/mol. The van der Waals surface area contributed by atoms with Crippen LogP contribution in [0.4, 0.5) is 0 Å². The van der Waals surface area contributed by atoms with Crippen LogP contribution >= 0.6 is 0 Å². The maximum atomic E-state index is 5.58. The maximum Gasteiger partial charge on any atom is 0.0236 e. The third-order valence-electron chi connectivity index (χ3n) is 4.90. The predicted octanol–water partition coefficient (Wildman–Crippen LogP) is 3.42. The molecule has 2 rings (SSSR count). The normalized spacial score (nSPS) is 22.3. The third-order valence-corrected chi connectivity index (χ3v) is 4.90. The van der Waals surface area contributed by atoms with Crippen molar-refractivity contribution in [2.75, 3.05) is 32.7 Å². The molecule has 3 heteroatoms. The summed E-state index contributed by atoms with van der Waals surface area (Å²) in [6, 6.07) is 1.47. The fourth-order valence-corrected chi connectivity index (χ4v) is 3.39. The molecule has 0 bridgehead atoms. The Morgan fingerprint density at radius 1 is 1.18 bits per heavy atom. The van der Waals surface area contributed by atoms with Gasteiger partial charge in [-0.05, 0) is 58.7 Å². The smallest absolute Gasteiger partial charge is 0.0236 e. The zero-order chi connectivity index (χ0) is 16.5. The van der Waals surface area contributed by atoms with Crippen molar-refractivity contribution >= 4 is 0 Å². The summed E-state index contributed by atoms with van der Waals surface area (Å²) in [6.07, 6.45) is 8.19. The SMILES string of the molecule is CC.CC1=C(/C=C\CN)CN(C2CCN(C(C)C)CC2)CC1. The van der Waals surface area contributed by atoms with E-state index < -0.39 is 0 Å². The van der Waals surface area contributed by atoms with Gasteiger partial charge in [0.05, 0.1) is 0 Å². The number of piperidine rings is 1. The van der Waals surface area contributed by atoms with Gasteiger partial charge in [-0.1, -0.05) is 31.6 Å². The summed E-state index contributed by atoms with van der Waals surface area (Å²) in [5.74, 6) is 0. The number of rotatable bonds is 4. The molecule has 1 fully saturated rings. The van der Waals surface area contributed by atoms with Crippen LogP contribution in [-0.2, 0) is 0 Å². The molecule has 2 aliphatic rings. The van der Waals surface area contributed by atoms with E-state index in [2.05, 4.69) is 42.7 Å². The zero-order valence-corrected chi connectivity index (χ0v) is 15.4. The van der Waals surface area contributed by atoms with Crippen molar-refractivity contribution in [1.29, 1.82) is 0 Å². The molecular formula is C19H37N3. The molecule has 2 heterocycles. The number of nitrogens with two attached hydrogens (primary N) is 1. The summed E-state index contributed by atoms with van der Waals surface area (Å²) >= 11 is 0. The molecule has 0 spiro atoms. The highest BCUT2D eigenvalue weighted by Gasteiger charge is 2.27. The lowest BCUT2D eigenvalue weighted by Crippen LogP contribution is -2.48. The Morgan fingerprint density at radius 2 is 1.82 bits per heavy atom. The number of hydrogen-bond acceptors (Lipinski definition) is 3. The second-order valence-corrected chi connectivity index (χ2v) is 6.53. The van der Waals surface area contributed by atoms with E-state index in [0.29, 0.717) is 12.6 Å². The zero-order valence-electron chi connectivity index (χ0n) is 15.4. The van der Waals surface area contributed by atoms with Crippen LogP contribution in [0.1, 0.15) is 53.9 Å². The second kappa shape index (κ2) is 10.2. The van der Waals surface area contributed by atoms with Gasteiger partial charge in [0, 0.05) is 31.7 Å². The molecular weight excluding hydrogens is 270 g/mol. The molecule has 0 aromatic heterocycles. The Kier molecular flexibility index (Phi) is 8.99. The first-order valence-electron chi connectivity index (χ1n) is 9.15. The van der Waals surface area contributed by atoms with Crippen LogP contribution in [0.5, 0.6) is 0 Å². The Bertz CT molecular complexity index is 363. The van der Waals surface area contributed by atoms with Gasteiger partial charge in [-0.3, -0.25) is 4.90 Å². The van der Waals surface area contributed by atoms with Crippen molar-refractivity contribution in [3.63, 3.8) is 0 Å². The largest absolute Gasteiger partial charge is 0.327 e. The average molecular weight is 308 g/mol. The molecule has 0 aromatic rings. The van der Waals surface area contributed by atoms with Gasteiger partial charge in [-0.2, -0.15) is 0 Å². The monoisotopic (exact) mass is 307 g/mol. The minimum atomic E-state index is 0.642. The van der Waals surface area contributed by atoms with E-state index in [0.717, 1.165) is 12.6 Å². The van der Waals surface area contributed by atoms with E-state index in [1.165, 1.54) is 44.5 Å². The number of likely N-dealkylation sites (tertiary alicyclic amines) is 1. The molecule has 0 amide bonds. The van der Waals surface area contributed by atoms with Crippen LogP contribution in [0.15, 0.2) is 23.3 Å². The van der Waals surface area contributed by atoms with Crippen molar-refractivity contribution < 1.29 is 0 Å². The Balaban J connectivity index is 0.00000116. The van der Waals surface area contributed by atoms with Gasteiger partial charge in [-0.15, -0.1) is 0 Å². The first-order valence-corrected chi connectivity index (χ1v) is 9.15. The van der Waals surface area contributed by atoms with Crippen LogP contribution in [0, 0.1) is 0 Å². The lowest BCUT2D eigenvalue weighted by Gasteiger charge is -2.42. The number of hydrogen-bond donors (Lipinski definition) is 1. The Labute approximate surface area is 138 Å². The lowest BCUT2D eigenvalue weighted by atomic mass is 9.95. The van der Waals surface area contributed by atoms with Gasteiger partial charge < -0.3 is 10.6 Å². The quantitative estimate of drug-likeness (QED) is 0.864. The van der Waals surface area contributed by atoms with Gasteiger partial charge in [0.2, 0.25) is 0 Å². The molecule has 2 N–H and O–H groups in total. The first kappa shape index (κ1) is 19.4. The molecule has 0 aromatic carbocycles. The van der Waals surface area contributed by atoms with Crippen molar-refractivity contribution in [3.8, 4) is 0 Å². The van der Waals surface area contributed by atoms with Gasteiger partial charge >= 0.3 is 0 Å². The second-order valence-electron chi connectivity index (χ2n) is 6.53. The van der Waals surface area contributed by atoms with Crippen LogP contribution in [0.25, 0.3) is 0 Å². The molecule has 0 radical (unpaired) electrons. The molecule has 0 unspecified atom stereocenters. The van der Waals surface area contributed by atoms with Gasteiger partial charge in [-0.25, -0.2) is 0 Å². The molecule has 3 nitrogen and oxygen atoms in total. The fraction of sp³-hybridized carbons (Fsp3) is 0.789. The topological polar surface area (TPSA) is 32.5 Å². The van der Waals surface area contributed by atoms with E-state index in [-0.39, 0.29) is 0 Å². The van der Waals surface area contributed by atoms with Gasteiger partial charge in [0.1, 0.15) is 0 Å². The van der Waals surface area contributed by atoms with Crippen molar-refractivity contribution in [2.24, 2.45) is 5.73 Å². The summed E-state index contributed by atoms with van der Waals surface area (Å²) < 4.78 is 0. The summed E-state index contributed by atoms with van der Waals surface area (Å²) in [6.45, 7) is 16.4. The van der Waals surface area contributed by atoms with Crippen LogP contribution in [0.3, 0.4) is 0 Å². The van der Waals surface area contributed by atoms with Crippen molar-refractivity contribution in [1.82, 2.24) is 9.80 Å². The van der Waals surface area contributed by atoms with Crippen molar-refractivity contribution in [3.05, 3.63) is 23.3 Å². The third kappa shape index (κ3) is 5.53. The first-order chi connectivity index (χ1) is 10.6. The minimum absolute atomic E-state index is 0.642. The molecule has 128 valence electrons. The molecule has 2 aliphatic heterocycles. The van der Waals surface area contributed by atoms with Gasteiger partial charge in [0.15, 0.2) is 0 Å². The molecule has 1 saturated heterocycles. The molecule has 0 atom stereocenters. The highest BCUT2D eigenvalue weighted by molar-refractivity contribution is 5.28. The van der Waals surface area contributed by atoms with Crippen molar-refractivity contribution in [2.45, 2.75) is 66.0 Å². The van der Waals surface area contributed by atoms with E-state index in [1.807, 2.05) is 13.8 Å². The van der Waals surface area contributed by atoms with E-state index in [1.54, 1.807) is 5.57 Å². The maximum absolute atomic E-state index is 5.58. The van der Waals surface area contributed by atoms with E-state index in [4.69, 9.17) is 5.73 Å². The van der Waals surface area contributed by atoms with Crippen LogP contribution in [0.2, 0.25) is 0 Å².